The van der Waals surface area contributed by atoms with Gasteiger partial charge in [-0.2, -0.15) is 0 Å². The van der Waals surface area contributed by atoms with Crippen LogP contribution in [0.15, 0.2) is 6.33 Å². The molecule has 2 amide bonds. The molecule has 0 aliphatic rings. The van der Waals surface area contributed by atoms with Crippen LogP contribution in [0.2, 0.25) is 0 Å². The van der Waals surface area contributed by atoms with Crippen LogP contribution in [0.5, 0.6) is 0 Å². The maximum Gasteiger partial charge on any atom is 0.337 e. The van der Waals surface area contributed by atoms with E-state index in [-0.39, 0.29) is 0 Å². The van der Waals surface area contributed by atoms with Crippen molar-refractivity contribution >= 4 is 12.0 Å². The summed E-state index contributed by atoms with van der Waals surface area (Å²) in [5.74, 6) is -0.853. The van der Waals surface area contributed by atoms with Gasteiger partial charge in [0.25, 0.3) is 0 Å². The van der Waals surface area contributed by atoms with Crippen LogP contribution in [0, 0.1) is 0 Å². The molecule has 0 radical (unpaired) electrons. The Morgan fingerprint density at radius 2 is 2.21 bits per heavy atom. The van der Waals surface area contributed by atoms with Gasteiger partial charge >= 0.3 is 12.0 Å². The zero-order valence-corrected chi connectivity index (χ0v) is 10.9. The third-order valence-corrected chi connectivity index (χ3v) is 2.54. The molecular formula is C10H17N5O4. The Hall–Kier alpha value is -2.16. The summed E-state index contributed by atoms with van der Waals surface area (Å²) >= 11 is 0. The Balaban J connectivity index is 2.48. The van der Waals surface area contributed by atoms with E-state index in [1.54, 1.807) is 18.5 Å². The van der Waals surface area contributed by atoms with E-state index in [2.05, 4.69) is 20.8 Å². The number of aliphatic carboxylic acids is 1. The first-order valence-electron chi connectivity index (χ1n) is 5.58. The van der Waals surface area contributed by atoms with Crippen LogP contribution in [0.3, 0.4) is 0 Å². The molecule has 0 aliphatic carbocycles. The SMILES string of the molecule is CC(NC(=O)NCC(C)(O)C(=O)O)c1nncn1C. The zero-order valence-electron chi connectivity index (χ0n) is 10.9. The first-order valence-corrected chi connectivity index (χ1v) is 5.58. The second-order valence-electron chi connectivity index (χ2n) is 4.43. The lowest BCUT2D eigenvalue weighted by molar-refractivity contribution is -0.155. The van der Waals surface area contributed by atoms with Crippen molar-refractivity contribution in [1.29, 1.82) is 0 Å². The molecular weight excluding hydrogens is 254 g/mol. The molecule has 0 fully saturated rings. The van der Waals surface area contributed by atoms with Gasteiger partial charge in [0, 0.05) is 7.05 Å². The quantitative estimate of drug-likeness (QED) is 0.544. The van der Waals surface area contributed by atoms with Crippen LogP contribution < -0.4 is 10.6 Å². The van der Waals surface area contributed by atoms with Crippen molar-refractivity contribution in [2.24, 2.45) is 7.05 Å². The third kappa shape index (κ3) is 3.91. The van der Waals surface area contributed by atoms with E-state index in [0.717, 1.165) is 6.92 Å². The molecule has 9 heteroatoms. The lowest BCUT2D eigenvalue weighted by Crippen LogP contribution is -2.49. The standard InChI is InChI=1S/C10H17N5O4/c1-6(7-14-12-5-15(7)3)13-9(18)11-4-10(2,19)8(16)17/h5-6,19H,4H2,1-3H3,(H,16,17)(H2,11,13,18). The number of rotatable bonds is 5. The molecule has 0 spiro atoms. The molecule has 2 atom stereocenters. The van der Waals surface area contributed by atoms with E-state index in [9.17, 15) is 14.7 Å². The van der Waals surface area contributed by atoms with E-state index in [1.165, 1.54) is 6.33 Å². The Labute approximate surface area is 109 Å². The predicted molar refractivity (Wildman–Crippen MR) is 64.2 cm³/mol. The summed E-state index contributed by atoms with van der Waals surface area (Å²) in [5.41, 5.74) is -2.01. The highest BCUT2D eigenvalue weighted by Crippen LogP contribution is 2.06. The molecule has 1 aromatic rings. The maximum atomic E-state index is 11.5. The number of hydrogen-bond acceptors (Lipinski definition) is 5. The van der Waals surface area contributed by atoms with Crippen LogP contribution in [0.25, 0.3) is 0 Å². The van der Waals surface area contributed by atoms with Crippen molar-refractivity contribution in [1.82, 2.24) is 25.4 Å². The lowest BCUT2D eigenvalue weighted by Gasteiger charge is -2.19. The van der Waals surface area contributed by atoms with Gasteiger partial charge in [0.1, 0.15) is 6.33 Å². The van der Waals surface area contributed by atoms with Crippen LogP contribution in [-0.2, 0) is 11.8 Å². The smallest absolute Gasteiger partial charge is 0.337 e. The van der Waals surface area contributed by atoms with Gasteiger partial charge in [0.2, 0.25) is 0 Å². The van der Waals surface area contributed by atoms with Crippen molar-refractivity contribution in [2.45, 2.75) is 25.5 Å². The van der Waals surface area contributed by atoms with Gasteiger partial charge < -0.3 is 25.4 Å². The predicted octanol–water partition coefficient (Wildman–Crippen LogP) is -0.989. The molecule has 0 aliphatic heterocycles. The van der Waals surface area contributed by atoms with Gasteiger partial charge in [0.05, 0.1) is 12.6 Å². The normalized spacial score (nSPS) is 15.4. The average molecular weight is 271 g/mol. The molecule has 0 saturated carbocycles. The zero-order chi connectivity index (χ0) is 14.6. The molecule has 106 valence electrons. The molecule has 2 unspecified atom stereocenters. The minimum Gasteiger partial charge on any atom is -0.479 e. The Bertz CT molecular complexity index is 470. The Morgan fingerprint density at radius 1 is 1.58 bits per heavy atom. The van der Waals surface area contributed by atoms with Gasteiger partial charge in [-0.3, -0.25) is 0 Å². The van der Waals surface area contributed by atoms with Crippen molar-refractivity contribution in [3.63, 3.8) is 0 Å². The summed E-state index contributed by atoms with van der Waals surface area (Å²) in [7, 11) is 1.74. The van der Waals surface area contributed by atoms with Crippen LogP contribution in [0.1, 0.15) is 25.7 Å². The molecule has 1 heterocycles. The Morgan fingerprint density at radius 3 is 2.68 bits per heavy atom. The summed E-state index contributed by atoms with van der Waals surface area (Å²) in [6.07, 6.45) is 1.50. The molecule has 0 aromatic carbocycles. The van der Waals surface area contributed by atoms with Crippen molar-refractivity contribution in [3.8, 4) is 0 Å². The van der Waals surface area contributed by atoms with Crippen LogP contribution in [0.4, 0.5) is 4.79 Å². The number of aryl methyl sites for hydroxylation is 1. The molecule has 0 bridgehead atoms. The first-order chi connectivity index (χ1) is 8.74. The van der Waals surface area contributed by atoms with Gasteiger partial charge in [-0.15, -0.1) is 10.2 Å². The summed E-state index contributed by atoms with van der Waals surface area (Å²) in [6, 6.07) is -1.00. The number of hydrogen-bond donors (Lipinski definition) is 4. The number of carboxylic acid groups (broad SMARTS) is 1. The highest BCUT2D eigenvalue weighted by Gasteiger charge is 2.30. The van der Waals surface area contributed by atoms with Gasteiger partial charge in [-0.25, -0.2) is 9.59 Å². The van der Waals surface area contributed by atoms with E-state index < -0.39 is 30.2 Å². The molecule has 19 heavy (non-hydrogen) atoms. The number of carboxylic acids is 1. The van der Waals surface area contributed by atoms with E-state index >= 15 is 0 Å². The lowest BCUT2D eigenvalue weighted by atomic mass is 10.1. The Kier molecular flexibility index (Phi) is 4.43. The maximum absolute atomic E-state index is 11.5. The first kappa shape index (κ1) is 14.9. The topological polar surface area (TPSA) is 129 Å². The van der Waals surface area contributed by atoms with Crippen LogP contribution in [-0.4, -0.2) is 49.1 Å². The number of nitrogens with one attached hydrogen (secondary N) is 2. The second kappa shape index (κ2) is 5.65. The van der Waals surface area contributed by atoms with Crippen molar-refractivity contribution in [3.05, 3.63) is 12.2 Å². The van der Waals surface area contributed by atoms with Gasteiger partial charge in [-0.1, -0.05) is 0 Å². The minimum atomic E-state index is -2.01. The fourth-order valence-corrected chi connectivity index (χ4v) is 1.32. The van der Waals surface area contributed by atoms with Crippen molar-refractivity contribution in [2.75, 3.05) is 6.54 Å². The van der Waals surface area contributed by atoms with Crippen LogP contribution >= 0.6 is 0 Å². The molecule has 0 saturated heterocycles. The second-order valence-corrected chi connectivity index (χ2v) is 4.43. The summed E-state index contributed by atoms with van der Waals surface area (Å²) < 4.78 is 1.65. The highest BCUT2D eigenvalue weighted by atomic mass is 16.4. The third-order valence-electron chi connectivity index (χ3n) is 2.54. The fraction of sp³-hybridized carbons (Fsp3) is 0.600. The number of nitrogens with zero attached hydrogens (tertiary/aromatic N) is 3. The number of aliphatic hydroxyl groups is 1. The number of aromatic nitrogens is 3. The number of amides is 2. The summed E-state index contributed by atoms with van der Waals surface area (Å²) in [6.45, 7) is 2.40. The average Bonchev–Trinajstić information content (AvgIpc) is 2.73. The van der Waals surface area contributed by atoms with Gasteiger partial charge in [-0.05, 0) is 13.8 Å². The monoisotopic (exact) mass is 271 g/mol. The summed E-state index contributed by atoms with van der Waals surface area (Å²) in [5, 5.41) is 30.5. The number of carbonyl (C=O) groups is 2. The van der Waals surface area contributed by atoms with E-state index in [1.807, 2.05) is 0 Å². The fourth-order valence-electron chi connectivity index (χ4n) is 1.32. The summed E-state index contributed by atoms with van der Waals surface area (Å²) in [4.78, 5) is 22.2. The number of urea groups is 1. The number of carbonyl (C=O) groups excluding carboxylic acids is 1. The van der Waals surface area contributed by atoms with Gasteiger partial charge in [0.15, 0.2) is 11.4 Å². The molecule has 4 N–H and O–H groups in total. The molecule has 1 rings (SSSR count). The highest BCUT2D eigenvalue weighted by molar-refractivity contribution is 5.79. The van der Waals surface area contributed by atoms with E-state index in [0.29, 0.717) is 5.82 Å². The molecule has 1 aromatic heterocycles. The van der Waals surface area contributed by atoms with Crippen molar-refractivity contribution < 1.29 is 19.8 Å². The molecule has 9 nitrogen and oxygen atoms in total. The minimum absolute atomic E-state index is 0.401. The largest absolute Gasteiger partial charge is 0.479 e. The van der Waals surface area contributed by atoms with E-state index in [4.69, 9.17) is 5.11 Å².